The van der Waals surface area contributed by atoms with E-state index in [-0.39, 0.29) is 10.6 Å². The number of hydrogen-bond acceptors (Lipinski definition) is 3. The Bertz CT molecular complexity index is 573. The summed E-state index contributed by atoms with van der Waals surface area (Å²) in [4.78, 5) is 13.0. The van der Waals surface area contributed by atoms with E-state index in [1.54, 1.807) is 12.1 Å². The third kappa shape index (κ3) is 2.76. The molecule has 2 rings (SSSR count). The molecule has 0 aliphatic rings. The molecule has 0 N–H and O–H groups in total. The second-order valence-electron chi connectivity index (χ2n) is 4.50. The molecule has 0 aliphatic carbocycles. The third-order valence-corrected chi connectivity index (χ3v) is 3.54. The second-order valence-corrected chi connectivity index (χ2v) is 4.50. The lowest BCUT2D eigenvalue weighted by Crippen LogP contribution is -2.26. The van der Waals surface area contributed by atoms with Gasteiger partial charge in [0.05, 0.1) is 15.8 Å². The van der Waals surface area contributed by atoms with Crippen LogP contribution < -0.4 is 0 Å². The maximum absolute atomic E-state index is 11.0. The van der Waals surface area contributed by atoms with Crippen LogP contribution in [0.3, 0.4) is 0 Å². The molecular formula is C14H19N3O2. The van der Waals surface area contributed by atoms with Crippen LogP contribution in [0.2, 0.25) is 0 Å². The van der Waals surface area contributed by atoms with Crippen molar-refractivity contribution in [2.45, 2.75) is 20.4 Å². The molecule has 1 heterocycles. The Hall–Kier alpha value is -1.88. The first-order valence-electron chi connectivity index (χ1n) is 6.62. The summed E-state index contributed by atoms with van der Waals surface area (Å²) in [6.07, 6.45) is 1.93. The molecule has 2 aromatic rings. The van der Waals surface area contributed by atoms with Crippen LogP contribution in [-0.2, 0) is 6.54 Å². The fourth-order valence-corrected chi connectivity index (χ4v) is 2.35. The summed E-state index contributed by atoms with van der Waals surface area (Å²) in [6, 6.07) is 7.06. The van der Waals surface area contributed by atoms with Crippen LogP contribution in [0.1, 0.15) is 13.8 Å². The Balaban J connectivity index is 2.26. The molecule has 0 bridgehead atoms. The summed E-state index contributed by atoms with van der Waals surface area (Å²) in [5.41, 5.74) is 1.11. The molecule has 1 aromatic carbocycles. The lowest BCUT2D eigenvalue weighted by Gasteiger charge is -2.18. The maximum Gasteiger partial charge on any atom is 0.278 e. The number of fused-ring (bicyclic) bond motifs is 1. The molecule has 0 saturated heterocycles. The molecule has 0 aliphatic heterocycles. The zero-order valence-corrected chi connectivity index (χ0v) is 11.4. The number of nitro groups is 1. The van der Waals surface area contributed by atoms with Crippen LogP contribution in [-0.4, -0.2) is 34.0 Å². The second kappa shape index (κ2) is 5.84. The van der Waals surface area contributed by atoms with Crippen LogP contribution >= 0.6 is 0 Å². The summed E-state index contributed by atoms with van der Waals surface area (Å²) >= 11 is 0. The zero-order chi connectivity index (χ0) is 13.8. The first kappa shape index (κ1) is 13.5. The molecule has 5 nitrogen and oxygen atoms in total. The van der Waals surface area contributed by atoms with Gasteiger partial charge in [-0.1, -0.05) is 19.9 Å². The van der Waals surface area contributed by atoms with Crippen LogP contribution in [0.25, 0.3) is 10.9 Å². The van der Waals surface area contributed by atoms with Gasteiger partial charge in [0, 0.05) is 25.4 Å². The van der Waals surface area contributed by atoms with Gasteiger partial charge in [-0.15, -0.1) is 0 Å². The summed E-state index contributed by atoms with van der Waals surface area (Å²) in [6.45, 7) is 8.14. The predicted octanol–water partition coefficient (Wildman–Crippen LogP) is 2.89. The third-order valence-electron chi connectivity index (χ3n) is 3.54. The number of likely N-dealkylation sites (N-methyl/N-ethyl adjacent to an activating group) is 1. The van der Waals surface area contributed by atoms with Gasteiger partial charge in [0.25, 0.3) is 5.69 Å². The molecule has 0 radical (unpaired) electrons. The highest BCUT2D eigenvalue weighted by atomic mass is 16.6. The Kier molecular flexibility index (Phi) is 4.16. The van der Waals surface area contributed by atoms with Gasteiger partial charge in [-0.05, 0) is 25.2 Å². The topological polar surface area (TPSA) is 51.3 Å². The summed E-state index contributed by atoms with van der Waals surface area (Å²) in [5.74, 6) is 0. The van der Waals surface area contributed by atoms with Gasteiger partial charge in [0.1, 0.15) is 0 Å². The standard InChI is InChI=1S/C14H19N3O2/c1-3-15(4-2)10-11-16-9-8-12-13(16)6-5-7-14(12)17(18)19/h5-9H,3-4,10-11H2,1-2H3. The van der Waals surface area contributed by atoms with Gasteiger partial charge in [-0.25, -0.2) is 0 Å². The van der Waals surface area contributed by atoms with Gasteiger partial charge in [-0.2, -0.15) is 0 Å². The number of aromatic nitrogens is 1. The van der Waals surface area contributed by atoms with E-state index in [4.69, 9.17) is 0 Å². The van der Waals surface area contributed by atoms with Crippen molar-refractivity contribution in [3.8, 4) is 0 Å². The summed E-state index contributed by atoms with van der Waals surface area (Å²) in [7, 11) is 0. The molecule has 0 spiro atoms. The van der Waals surface area contributed by atoms with Crippen LogP contribution in [0.4, 0.5) is 5.69 Å². The van der Waals surface area contributed by atoms with Crippen molar-refractivity contribution < 1.29 is 4.92 Å². The number of non-ortho nitro benzene ring substituents is 1. The number of benzene rings is 1. The highest BCUT2D eigenvalue weighted by Gasteiger charge is 2.13. The van der Waals surface area contributed by atoms with Gasteiger partial charge in [0.2, 0.25) is 0 Å². The van der Waals surface area contributed by atoms with Crippen LogP contribution in [0.5, 0.6) is 0 Å². The molecule has 0 amide bonds. The highest BCUT2D eigenvalue weighted by molar-refractivity contribution is 5.89. The van der Waals surface area contributed by atoms with Gasteiger partial charge in [-0.3, -0.25) is 10.1 Å². The van der Waals surface area contributed by atoms with E-state index < -0.39 is 0 Å². The van der Waals surface area contributed by atoms with E-state index >= 15 is 0 Å². The fraction of sp³-hybridized carbons (Fsp3) is 0.429. The largest absolute Gasteiger partial charge is 0.346 e. The van der Waals surface area contributed by atoms with Crippen molar-refractivity contribution in [2.24, 2.45) is 0 Å². The van der Waals surface area contributed by atoms with Crippen molar-refractivity contribution in [2.75, 3.05) is 19.6 Å². The van der Waals surface area contributed by atoms with Crippen molar-refractivity contribution in [1.29, 1.82) is 0 Å². The van der Waals surface area contributed by atoms with E-state index in [2.05, 4.69) is 23.3 Å². The minimum absolute atomic E-state index is 0.180. The molecule has 102 valence electrons. The molecule has 1 aromatic heterocycles. The smallest absolute Gasteiger partial charge is 0.278 e. The Morgan fingerprint density at radius 3 is 2.63 bits per heavy atom. The summed E-state index contributed by atoms with van der Waals surface area (Å²) < 4.78 is 2.08. The normalized spacial score (nSPS) is 11.3. The molecule has 0 fully saturated rings. The molecule has 5 heteroatoms. The molecule has 0 unspecified atom stereocenters. The number of hydrogen-bond donors (Lipinski definition) is 0. The molecule has 0 saturated carbocycles. The fourth-order valence-electron chi connectivity index (χ4n) is 2.35. The minimum atomic E-state index is -0.322. The van der Waals surface area contributed by atoms with E-state index in [1.165, 1.54) is 0 Å². The quantitative estimate of drug-likeness (QED) is 0.593. The van der Waals surface area contributed by atoms with E-state index in [0.29, 0.717) is 5.39 Å². The average molecular weight is 261 g/mol. The Morgan fingerprint density at radius 1 is 1.26 bits per heavy atom. The van der Waals surface area contributed by atoms with Crippen molar-refractivity contribution in [3.63, 3.8) is 0 Å². The maximum atomic E-state index is 11.0. The highest BCUT2D eigenvalue weighted by Crippen LogP contribution is 2.26. The van der Waals surface area contributed by atoms with Gasteiger partial charge >= 0.3 is 0 Å². The number of rotatable bonds is 6. The monoisotopic (exact) mass is 261 g/mol. The SMILES string of the molecule is CCN(CC)CCn1ccc2c([N+](=O)[O-])cccc21. The zero-order valence-electron chi connectivity index (χ0n) is 11.4. The Labute approximate surface area is 112 Å². The average Bonchev–Trinajstić information content (AvgIpc) is 2.83. The molecular weight excluding hydrogens is 242 g/mol. The lowest BCUT2D eigenvalue weighted by atomic mass is 10.2. The lowest BCUT2D eigenvalue weighted by molar-refractivity contribution is -0.383. The first-order valence-corrected chi connectivity index (χ1v) is 6.62. The Morgan fingerprint density at radius 2 is 2.00 bits per heavy atom. The number of nitrogens with zero attached hydrogens (tertiary/aromatic N) is 3. The van der Waals surface area contributed by atoms with Crippen LogP contribution in [0, 0.1) is 10.1 Å². The van der Waals surface area contributed by atoms with E-state index in [0.717, 1.165) is 31.7 Å². The van der Waals surface area contributed by atoms with Crippen molar-refractivity contribution >= 4 is 16.6 Å². The van der Waals surface area contributed by atoms with Gasteiger partial charge < -0.3 is 9.47 Å². The van der Waals surface area contributed by atoms with Crippen molar-refractivity contribution in [3.05, 3.63) is 40.6 Å². The van der Waals surface area contributed by atoms with E-state index in [1.807, 2.05) is 18.3 Å². The first-order chi connectivity index (χ1) is 9.17. The summed E-state index contributed by atoms with van der Waals surface area (Å²) in [5, 5.41) is 11.7. The number of nitro benzene ring substituents is 1. The minimum Gasteiger partial charge on any atom is -0.346 e. The van der Waals surface area contributed by atoms with Crippen molar-refractivity contribution in [1.82, 2.24) is 9.47 Å². The van der Waals surface area contributed by atoms with Gasteiger partial charge in [0.15, 0.2) is 0 Å². The van der Waals surface area contributed by atoms with E-state index in [9.17, 15) is 10.1 Å². The molecule has 0 atom stereocenters. The predicted molar refractivity (Wildman–Crippen MR) is 76.4 cm³/mol. The van der Waals surface area contributed by atoms with Crippen LogP contribution in [0.15, 0.2) is 30.5 Å². The molecule has 19 heavy (non-hydrogen) atoms.